The molecule has 0 saturated heterocycles. The number of hydrogen-bond donors (Lipinski definition) is 2. The molecule has 0 aliphatic carbocycles. The van der Waals surface area contributed by atoms with Crippen molar-refractivity contribution in [3.63, 3.8) is 0 Å². The summed E-state index contributed by atoms with van der Waals surface area (Å²) in [7, 11) is 0. The summed E-state index contributed by atoms with van der Waals surface area (Å²) in [5.74, 6) is -1.32. The summed E-state index contributed by atoms with van der Waals surface area (Å²) in [5, 5.41) is 5.49. The molecular formula is C29H22FN3O3S. The number of rotatable bonds is 9. The number of hydrogen-bond acceptors (Lipinski definition) is 5. The SMILES string of the molecule is O=C(Nc1cccc(SCC(=O)c2ccc(F)cc2)c1)/C(=C/c1cccnc1)NC(=O)c1ccccc1. The van der Waals surface area contributed by atoms with Crippen LogP contribution in [0.1, 0.15) is 26.3 Å². The Hall–Kier alpha value is -4.56. The Balaban J connectivity index is 1.46. The minimum atomic E-state index is -0.516. The fourth-order valence-electron chi connectivity index (χ4n) is 3.30. The lowest BCUT2D eigenvalue weighted by Crippen LogP contribution is -2.30. The van der Waals surface area contributed by atoms with Crippen LogP contribution in [-0.2, 0) is 4.79 Å². The van der Waals surface area contributed by atoms with Crippen LogP contribution in [0.25, 0.3) is 6.08 Å². The van der Waals surface area contributed by atoms with Crippen LogP contribution in [0.3, 0.4) is 0 Å². The van der Waals surface area contributed by atoms with Gasteiger partial charge in [0.05, 0.1) is 5.75 Å². The molecule has 0 radical (unpaired) electrons. The van der Waals surface area contributed by atoms with Crippen LogP contribution in [0.5, 0.6) is 0 Å². The Bertz CT molecular complexity index is 1430. The molecule has 0 aliphatic rings. The number of nitrogens with zero attached hydrogens (tertiary/aromatic N) is 1. The number of aromatic nitrogens is 1. The Morgan fingerprint density at radius 1 is 0.865 bits per heavy atom. The molecule has 2 amide bonds. The van der Waals surface area contributed by atoms with E-state index in [2.05, 4.69) is 15.6 Å². The Labute approximate surface area is 217 Å². The highest BCUT2D eigenvalue weighted by Gasteiger charge is 2.15. The molecule has 0 fully saturated rings. The molecule has 4 aromatic rings. The minimum absolute atomic E-state index is 0.0476. The van der Waals surface area contributed by atoms with Crippen LogP contribution in [0.4, 0.5) is 10.1 Å². The van der Waals surface area contributed by atoms with Crippen molar-refractivity contribution in [1.29, 1.82) is 0 Å². The molecule has 37 heavy (non-hydrogen) atoms. The number of anilines is 1. The lowest BCUT2D eigenvalue weighted by molar-refractivity contribution is -0.113. The number of carbonyl (C=O) groups is 3. The van der Waals surface area contributed by atoms with E-state index in [1.54, 1.807) is 79.1 Å². The number of thioether (sulfide) groups is 1. The van der Waals surface area contributed by atoms with Gasteiger partial charge in [-0.25, -0.2) is 4.39 Å². The smallest absolute Gasteiger partial charge is 0.272 e. The topological polar surface area (TPSA) is 88.2 Å². The van der Waals surface area contributed by atoms with E-state index in [9.17, 15) is 18.8 Å². The van der Waals surface area contributed by atoms with Crippen LogP contribution >= 0.6 is 11.8 Å². The second-order valence-corrected chi connectivity index (χ2v) is 8.91. The van der Waals surface area contributed by atoms with Gasteiger partial charge in [0.15, 0.2) is 5.78 Å². The number of Topliss-reactive ketones (excluding diaryl/α,β-unsaturated/α-hetero) is 1. The maximum Gasteiger partial charge on any atom is 0.272 e. The van der Waals surface area contributed by atoms with E-state index in [0.717, 1.165) is 4.90 Å². The second kappa shape index (κ2) is 12.4. The van der Waals surface area contributed by atoms with Gasteiger partial charge in [0.2, 0.25) is 0 Å². The van der Waals surface area contributed by atoms with Crippen molar-refractivity contribution in [1.82, 2.24) is 10.3 Å². The molecule has 2 N–H and O–H groups in total. The average molecular weight is 512 g/mol. The largest absolute Gasteiger partial charge is 0.321 e. The number of benzene rings is 3. The van der Waals surface area contributed by atoms with Crippen molar-refractivity contribution in [2.75, 3.05) is 11.1 Å². The Morgan fingerprint density at radius 2 is 1.65 bits per heavy atom. The van der Waals surface area contributed by atoms with Gasteiger partial charge in [-0.15, -0.1) is 11.8 Å². The van der Waals surface area contributed by atoms with Gasteiger partial charge < -0.3 is 10.6 Å². The van der Waals surface area contributed by atoms with E-state index >= 15 is 0 Å². The van der Waals surface area contributed by atoms with Crippen molar-refractivity contribution in [3.05, 3.63) is 132 Å². The van der Waals surface area contributed by atoms with E-state index in [1.165, 1.54) is 36.0 Å². The number of pyridine rings is 1. The van der Waals surface area contributed by atoms with Gasteiger partial charge in [0.25, 0.3) is 11.8 Å². The molecule has 0 unspecified atom stereocenters. The van der Waals surface area contributed by atoms with Crippen LogP contribution in [0, 0.1) is 5.82 Å². The normalized spacial score (nSPS) is 11.0. The molecule has 0 saturated carbocycles. The van der Waals surface area contributed by atoms with Gasteiger partial charge in [-0.05, 0) is 72.3 Å². The number of ketones is 1. The highest BCUT2D eigenvalue weighted by atomic mass is 32.2. The number of nitrogens with one attached hydrogen (secondary N) is 2. The zero-order chi connectivity index (χ0) is 26.0. The Morgan fingerprint density at radius 3 is 2.38 bits per heavy atom. The van der Waals surface area contributed by atoms with Crippen molar-refractivity contribution < 1.29 is 18.8 Å². The van der Waals surface area contributed by atoms with Crippen LogP contribution in [0.2, 0.25) is 0 Å². The van der Waals surface area contributed by atoms with Crippen molar-refractivity contribution in [2.45, 2.75) is 4.90 Å². The fraction of sp³-hybridized carbons (Fsp3) is 0.0345. The lowest BCUT2D eigenvalue weighted by atomic mass is 10.1. The summed E-state index contributed by atoms with van der Waals surface area (Å²) in [6.45, 7) is 0. The summed E-state index contributed by atoms with van der Waals surface area (Å²) in [6, 6.07) is 24.5. The molecule has 1 heterocycles. The predicted molar refractivity (Wildman–Crippen MR) is 143 cm³/mol. The third kappa shape index (κ3) is 7.46. The first-order valence-corrected chi connectivity index (χ1v) is 12.3. The summed E-state index contributed by atoms with van der Waals surface area (Å²) < 4.78 is 13.1. The molecule has 0 bridgehead atoms. The van der Waals surface area contributed by atoms with E-state index in [-0.39, 0.29) is 17.2 Å². The predicted octanol–water partition coefficient (Wildman–Crippen LogP) is 5.61. The molecule has 8 heteroatoms. The highest BCUT2D eigenvalue weighted by Crippen LogP contribution is 2.23. The van der Waals surface area contributed by atoms with Crippen molar-refractivity contribution in [3.8, 4) is 0 Å². The summed E-state index contributed by atoms with van der Waals surface area (Å²) in [6.07, 6.45) is 4.74. The molecule has 3 aromatic carbocycles. The fourth-order valence-corrected chi connectivity index (χ4v) is 4.15. The van der Waals surface area contributed by atoms with E-state index < -0.39 is 17.6 Å². The van der Waals surface area contributed by atoms with Gasteiger partial charge in [-0.1, -0.05) is 30.3 Å². The summed E-state index contributed by atoms with van der Waals surface area (Å²) in [5.41, 5.74) is 2.03. The monoisotopic (exact) mass is 511 g/mol. The highest BCUT2D eigenvalue weighted by molar-refractivity contribution is 8.00. The molecule has 0 atom stereocenters. The zero-order valence-electron chi connectivity index (χ0n) is 19.6. The number of halogens is 1. The van der Waals surface area contributed by atoms with E-state index in [1.807, 2.05) is 6.07 Å². The first-order chi connectivity index (χ1) is 18.0. The first-order valence-electron chi connectivity index (χ1n) is 11.3. The maximum atomic E-state index is 13.2. The van der Waals surface area contributed by atoms with Gasteiger partial charge in [-0.2, -0.15) is 0 Å². The van der Waals surface area contributed by atoms with E-state index in [0.29, 0.717) is 22.4 Å². The summed E-state index contributed by atoms with van der Waals surface area (Å²) in [4.78, 5) is 43.1. The first kappa shape index (κ1) is 25.5. The van der Waals surface area contributed by atoms with E-state index in [4.69, 9.17) is 0 Å². The zero-order valence-corrected chi connectivity index (χ0v) is 20.4. The molecule has 184 valence electrons. The van der Waals surface area contributed by atoms with Crippen LogP contribution in [0.15, 0.2) is 114 Å². The standard InChI is InChI=1S/C29H22FN3O3S/c30-23-13-11-21(12-14-23)27(34)19-37-25-10-4-9-24(17-25)32-29(36)26(16-20-6-5-15-31-18-20)33-28(35)22-7-2-1-3-8-22/h1-18H,19H2,(H,32,36)(H,33,35)/b26-16-. The lowest BCUT2D eigenvalue weighted by Gasteiger charge is -2.12. The molecule has 6 nitrogen and oxygen atoms in total. The molecule has 0 aliphatic heterocycles. The van der Waals surface area contributed by atoms with Crippen LogP contribution < -0.4 is 10.6 Å². The van der Waals surface area contributed by atoms with Crippen molar-refractivity contribution in [2.24, 2.45) is 0 Å². The van der Waals surface area contributed by atoms with Gasteiger partial charge in [0.1, 0.15) is 11.5 Å². The molecule has 1 aromatic heterocycles. The van der Waals surface area contributed by atoms with Crippen LogP contribution in [-0.4, -0.2) is 28.3 Å². The number of carbonyl (C=O) groups excluding carboxylic acids is 3. The second-order valence-electron chi connectivity index (χ2n) is 7.87. The number of amides is 2. The van der Waals surface area contributed by atoms with Gasteiger partial charge in [0, 0.05) is 34.1 Å². The maximum absolute atomic E-state index is 13.2. The Kier molecular flexibility index (Phi) is 8.57. The minimum Gasteiger partial charge on any atom is -0.321 e. The van der Waals surface area contributed by atoms with Gasteiger partial charge in [-0.3, -0.25) is 19.4 Å². The summed E-state index contributed by atoms with van der Waals surface area (Å²) >= 11 is 1.30. The molecule has 4 rings (SSSR count). The van der Waals surface area contributed by atoms with Gasteiger partial charge >= 0.3 is 0 Å². The quantitative estimate of drug-likeness (QED) is 0.173. The molecule has 0 spiro atoms. The van der Waals surface area contributed by atoms with Crippen molar-refractivity contribution >= 4 is 41.1 Å². The third-order valence-corrected chi connectivity index (χ3v) is 6.15. The third-order valence-electron chi connectivity index (χ3n) is 5.15. The molecular weight excluding hydrogens is 489 g/mol. The average Bonchev–Trinajstić information content (AvgIpc) is 2.93.